The lowest BCUT2D eigenvalue weighted by Gasteiger charge is -2.20. The number of aromatic nitrogens is 1. The first kappa shape index (κ1) is 19.9. The number of hydrogen-bond donors (Lipinski definition) is 2. The van der Waals surface area contributed by atoms with Crippen molar-refractivity contribution in [3.8, 4) is 0 Å². The zero-order chi connectivity index (χ0) is 20.1. The number of nitrogens with one attached hydrogen (secondary N) is 2. The molecule has 3 aromatic rings. The van der Waals surface area contributed by atoms with E-state index < -0.39 is 0 Å². The summed E-state index contributed by atoms with van der Waals surface area (Å²) in [5.74, 6) is 1.94. The molecule has 0 radical (unpaired) electrons. The molecule has 3 rings (SSSR count). The molecule has 2 aromatic carbocycles. The number of fused-ring (bicyclic) bond motifs is 1. The van der Waals surface area contributed by atoms with Gasteiger partial charge in [-0.3, -0.25) is 4.99 Å². The van der Waals surface area contributed by atoms with Crippen LogP contribution in [0, 0.1) is 13.8 Å². The van der Waals surface area contributed by atoms with Crippen molar-refractivity contribution < 1.29 is 4.52 Å². The lowest BCUT2D eigenvalue weighted by Crippen LogP contribution is -2.39. The minimum Gasteiger partial charge on any atom is -0.361 e. The minimum atomic E-state index is 0.137. The highest BCUT2D eigenvalue weighted by Gasteiger charge is 2.17. The quantitative estimate of drug-likeness (QED) is 0.475. The van der Waals surface area contributed by atoms with Crippen LogP contribution in [0.2, 0.25) is 0 Å². The summed E-state index contributed by atoms with van der Waals surface area (Å²) in [5, 5.41) is 13.5. The van der Waals surface area contributed by atoms with Crippen molar-refractivity contribution in [1.82, 2.24) is 15.8 Å². The first-order valence-corrected chi connectivity index (χ1v) is 9.96. The van der Waals surface area contributed by atoms with Gasteiger partial charge < -0.3 is 15.2 Å². The Morgan fingerprint density at radius 3 is 2.57 bits per heavy atom. The van der Waals surface area contributed by atoms with Crippen molar-refractivity contribution in [3.63, 3.8) is 0 Å². The van der Waals surface area contributed by atoms with Crippen molar-refractivity contribution >= 4 is 16.7 Å². The molecular formula is C23H30N4O. The Morgan fingerprint density at radius 1 is 1.11 bits per heavy atom. The van der Waals surface area contributed by atoms with Crippen LogP contribution in [0.1, 0.15) is 55.3 Å². The van der Waals surface area contributed by atoms with Crippen molar-refractivity contribution in [2.75, 3.05) is 13.1 Å². The molecule has 0 aliphatic carbocycles. The predicted molar refractivity (Wildman–Crippen MR) is 116 cm³/mol. The molecule has 0 bridgehead atoms. The average molecular weight is 379 g/mol. The third-order valence-corrected chi connectivity index (χ3v) is 5.09. The SMILES string of the molecule is CCNC(=NCC(C)c1c(C)noc1C)NC(C)c1cccc2ccccc12. The van der Waals surface area contributed by atoms with Crippen LogP contribution in [0.15, 0.2) is 52.0 Å². The Kier molecular flexibility index (Phi) is 6.34. The van der Waals surface area contributed by atoms with Gasteiger partial charge in [-0.05, 0) is 44.0 Å². The van der Waals surface area contributed by atoms with Crippen molar-refractivity contribution in [2.45, 2.75) is 46.6 Å². The van der Waals surface area contributed by atoms with Gasteiger partial charge in [0, 0.05) is 24.6 Å². The molecule has 1 aromatic heterocycles. The van der Waals surface area contributed by atoms with Crippen LogP contribution in [0.4, 0.5) is 0 Å². The molecule has 0 aliphatic rings. The summed E-state index contributed by atoms with van der Waals surface area (Å²) in [6, 6.07) is 15.1. The molecule has 0 aliphatic heterocycles. The summed E-state index contributed by atoms with van der Waals surface area (Å²) >= 11 is 0. The summed E-state index contributed by atoms with van der Waals surface area (Å²) in [5.41, 5.74) is 3.37. The molecule has 0 spiro atoms. The van der Waals surface area contributed by atoms with Crippen LogP contribution in [0.25, 0.3) is 10.8 Å². The molecular weight excluding hydrogens is 348 g/mol. The van der Waals surface area contributed by atoms with Gasteiger partial charge in [-0.15, -0.1) is 0 Å². The van der Waals surface area contributed by atoms with Crippen LogP contribution in [0.5, 0.6) is 0 Å². The number of benzene rings is 2. The van der Waals surface area contributed by atoms with E-state index in [1.165, 1.54) is 16.3 Å². The Balaban J connectivity index is 1.77. The Bertz CT molecular complexity index is 935. The second kappa shape index (κ2) is 8.91. The first-order valence-electron chi connectivity index (χ1n) is 9.96. The van der Waals surface area contributed by atoms with Crippen molar-refractivity contribution in [1.29, 1.82) is 0 Å². The second-order valence-electron chi connectivity index (χ2n) is 7.29. The van der Waals surface area contributed by atoms with Crippen LogP contribution in [-0.2, 0) is 0 Å². The largest absolute Gasteiger partial charge is 0.361 e. The van der Waals surface area contributed by atoms with E-state index in [1.54, 1.807) is 0 Å². The van der Waals surface area contributed by atoms with E-state index >= 15 is 0 Å². The number of aliphatic imine (C=N–C) groups is 1. The fourth-order valence-electron chi connectivity index (χ4n) is 3.74. The molecule has 148 valence electrons. The topological polar surface area (TPSA) is 62.5 Å². The highest BCUT2D eigenvalue weighted by atomic mass is 16.5. The highest BCUT2D eigenvalue weighted by molar-refractivity contribution is 5.87. The van der Waals surface area contributed by atoms with Crippen LogP contribution < -0.4 is 10.6 Å². The van der Waals surface area contributed by atoms with Crippen LogP contribution in [-0.4, -0.2) is 24.2 Å². The van der Waals surface area contributed by atoms with Gasteiger partial charge in [0.1, 0.15) is 5.76 Å². The number of hydrogen-bond acceptors (Lipinski definition) is 3. The summed E-state index contributed by atoms with van der Waals surface area (Å²) in [7, 11) is 0. The van der Waals surface area contributed by atoms with Gasteiger partial charge in [-0.1, -0.05) is 54.5 Å². The zero-order valence-electron chi connectivity index (χ0n) is 17.4. The molecule has 0 saturated heterocycles. The normalized spacial score (nSPS) is 14.1. The van der Waals surface area contributed by atoms with Gasteiger partial charge in [0.05, 0.1) is 11.7 Å². The van der Waals surface area contributed by atoms with E-state index in [0.717, 1.165) is 29.5 Å². The predicted octanol–water partition coefficient (Wildman–Crippen LogP) is 4.86. The summed E-state index contributed by atoms with van der Waals surface area (Å²) in [6.45, 7) is 11.8. The minimum absolute atomic E-state index is 0.137. The summed E-state index contributed by atoms with van der Waals surface area (Å²) in [4.78, 5) is 4.82. The van der Waals surface area contributed by atoms with Gasteiger partial charge >= 0.3 is 0 Å². The Labute approximate surface area is 167 Å². The molecule has 28 heavy (non-hydrogen) atoms. The molecule has 2 unspecified atom stereocenters. The molecule has 1 heterocycles. The number of guanidine groups is 1. The van der Waals surface area contributed by atoms with Gasteiger partial charge in [-0.25, -0.2) is 0 Å². The van der Waals surface area contributed by atoms with E-state index in [-0.39, 0.29) is 12.0 Å². The van der Waals surface area contributed by atoms with E-state index in [9.17, 15) is 0 Å². The third-order valence-electron chi connectivity index (χ3n) is 5.09. The van der Waals surface area contributed by atoms with Gasteiger partial charge in [0.25, 0.3) is 0 Å². The van der Waals surface area contributed by atoms with Crippen LogP contribution in [0.3, 0.4) is 0 Å². The third kappa shape index (κ3) is 4.35. The van der Waals surface area contributed by atoms with E-state index in [4.69, 9.17) is 9.52 Å². The number of rotatable bonds is 6. The van der Waals surface area contributed by atoms with Crippen molar-refractivity contribution in [3.05, 3.63) is 65.0 Å². The van der Waals surface area contributed by atoms with E-state index in [0.29, 0.717) is 6.54 Å². The lowest BCUT2D eigenvalue weighted by atomic mass is 9.99. The Morgan fingerprint density at radius 2 is 1.86 bits per heavy atom. The molecule has 0 amide bonds. The molecule has 5 nitrogen and oxygen atoms in total. The maximum absolute atomic E-state index is 5.30. The van der Waals surface area contributed by atoms with E-state index in [2.05, 4.69) is 79.0 Å². The number of nitrogens with zero attached hydrogens (tertiary/aromatic N) is 2. The lowest BCUT2D eigenvalue weighted by molar-refractivity contribution is 0.391. The van der Waals surface area contributed by atoms with Crippen molar-refractivity contribution in [2.24, 2.45) is 4.99 Å². The first-order chi connectivity index (χ1) is 13.5. The van der Waals surface area contributed by atoms with Gasteiger partial charge in [0.15, 0.2) is 5.96 Å². The zero-order valence-corrected chi connectivity index (χ0v) is 17.4. The standard InChI is InChI=1S/C23H30N4O/c1-6-24-23(25-14-15(2)22-17(4)27-28-18(22)5)26-16(3)20-13-9-11-19-10-7-8-12-21(19)20/h7-13,15-16H,6,14H2,1-5H3,(H2,24,25,26). The second-order valence-corrected chi connectivity index (χ2v) is 7.29. The molecule has 5 heteroatoms. The summed E-state index contributed by atoms with van der Waals surface area (Å²) < 4.78 is 5.30. The Hall–Kier alpha value is -2.82. The number of aryl methyl sites for hydroxylation is 2. The average Bonchev–Trinajstić information content (AvgIpc) is 3.03. The maximum Gasteiger partial charge on any atom is 0.191 e. The molecule has 2 atom stereocenters. The monoisotopic (exact) mass is 378 g/mol. The fourth-order valence-corrected chi connectivity index (χ4v) is 3.74. The molecule has 0 saturated carbocycles. The van der Waals surface area contributed by atoms with Gasteiger partial charge in [-0.2, -0.15) is 0 Å². The smallest absolute Gasteiger partial charge is 0.191 e. The maximum atomic E-state index is 5.30. The van der Waals surface area contributed by atoms with Crippen LogP contribution >= 0.6 is 0 Å². The molecule has 2 N–H and O–H groups in total. The molecule has 0 fully saturated rings. The van der Waals surface area contributed by atoms with Gasteiger partial charge in [0.2, 0.25) is 0 Å². The summed E-state index contributed by atoms with van der Waals surface area (Å²) in [6.07, 6.45) is 0. The highest BCUT2D eigenvalue weighted by Crippen LogP contribution is 2.25. The van der Waals surface area contributed by atoms with E-state index in [1.807, 2.05) is 13.8 Å². The fraction of sp³-hybridized carbons (Fsp3) is 0.391.